The van der Waals surface area contributed by atoms with Crippen LogP contribution in [0.25, 0.3) is 0 Å². The third kappa shape index (κ3) is 6.05. The van der Waals surface area contributed by atoms with E-state index < -0.39 is 5.66 Å². The van der Waals surface area contributed by atoms with Crippen molar-refractivity contribution >= 4 is 29.0 Å². The van der Waals surface area contributed by atoms with Gasteiger partial charge in [0.25, 0.3) is 5.91 Å². The van der Waals surface area contributed by atoms with Crippen LogP contribution in [0.4, 0.5) is 0 Å². The fourth-order valence-corrected chi connectivity index (χ4v) is 6.83. The summed E-state index contributed by atoms with van der Waals surface area (Å²) in [5, 5.41) is 14.4. The standard InChI is InChI=1S/C33H41ClN6O2/c1-5-8-27(22-11-13-23(14-12-22)28(41)15-16-29-36-38-39-37-29)40-31(42)30(24-9-7-10-26(34)21-24)35-33(40)19-17-25(18-20-33)32(3,4)6-2/h7,9-14,21,25,27H,5-6,8,15-20H2,1-4H3,(H,36,37,38,39). The summed E-state index contributed by atoms with van der Waals surface area (Å²) in [6.45, 7) is 9.13. The zero-order valence-corrected chi connectivity index (χ0v) is 25.8. The predicted molar refractivity (Wildman–Crippen MR) is 165 cm³/mol. The average molecular weight is 589 g/mol. The van der Waals surface area contributed by atoms with Gasteiger partial charge < -0.3 is 4.90 Å². The number of benzene rings is 2. The van der Waals surface area contributed by atoms with Crippen molar-refractivity contribution in [3.05, 3.63) is 76.1 Å². The minimum Gasteiger partial charge on any atom is -0.305 e. The van der Waals surface area contributed by atoms with Crippen LogP contribution in [0.5, 0.6) is 0 Å². The number of aliphatic imine (C=N–C) groups is 1. The molecule has 8 nitrogen and oxygen atoms in total. The Morgan fingerprint density at radius 2 is 1.88 bits per heavy atom. The monoisotopic (exact) mass is 588 g/mol. The number of ketones is 1. The molecule has 2 heterocycles. The highest BCUT2D eigenvalue weighted by Gasteiger charge is 2.52. The molecule has 1 amide bonds. The van der Waals surface area contributed by atoms with E-state index in [9.17, 15) is 9.59 Å². The molecular weight excluding hydrogens is 548 g/mol. The highest BCUT2D eigenvalue weighted by atomic mass is 35.5. The van der Waals surface area contributed by atoms with Gasteiger partial charge in [-0.2, -0.15) is 5.21 Å². The van der Waals surface area contributed by atoms with Gasteiger partial charge in [0, 0.05) is 29.0 Å². The Morgan fingerprint density at radius 3 is 2.50 bits per heavy atom. The third-order valence-electron chi connectivity index (χ3n) is 9.55. The Labute approximate surface area is 253 Å². The molecule has 1 atom stereocenters. The lowest BCUT2D eigenvalue weighted by atomic mass is 9.67. The largest absolute Gasteiger partial charge is 0.305 e. The molecule has 222 valence electrons. The molecule has 1 saturated carbocycles. The fraction of sp³-hybridized carbons (Fsp3) is 0.515. The van der Waals surface area contributed by atoms with Gasteiger partial charge in [-0.25, -0.2) is 0 Å². The Hall–Kier alpha value is -3.39. The fourth-order valence-electron chi connectivity index (χ4n) is 6.64. The molecule has 0 radical (unpaired) electrons. The highest BCUT2D eigenvalue weighted by molar-refractivity contribution is 6.47. The van der Waals surface area contributed by atoms with Gasteiger partial charge in [0.05, 0.1) is 6.04 Å². The lowest BCUT2D eigenvalue weighted by molar-refractivity contribution is -0.133. The van der Waals surface area contributed by atoms with Crippen LogP contribution in [0, 0.1) is 11.3 Å². The molecule has 2 aliphatic rings. The summed E-state index contributed by atoms with van der Waals surface area (Å²) in [6.07, 6.45) is 7.31. The molecule has 1 aromatic heterocycles. The first-order valence-corrected chi connectivity index (χ1v) is 15.6. The average Bonchev–Trinajstić information content (AvgIpc) is 3.61. The van der Waals surface area contributed by atoms with E-state index in [1.165, 1.54) is 0 Å². The van der Waals surface area contributed by atoms with Crippen LogP contribution in [0.2, 0.25) is 5.02 Å². The molecule has 1 N–H and O–H groups in total. The molecule has 1 aliphatic carbocycles. The van der Waals surface area contributed by atoms with Crippen LogP contribution < -0.4 is 0 Å². The lowest BCUT2D eigenvalue weighted by Gasteiger charge is -2.48. The van der Waals surface area contributed by atoms with Crippen LogP contribution in [0.1, 0.15) is 112 Å². The van der Waals surface area contributed by atoms with E-state index in [2.05, 4.69) is 53.2 Å². The number of aromatic nitrogens is 4. The second kappa shape index (κ2) is 12.5. The van der Waals surface area contributed by atoms with E-state index in [1.807, 2.05) is 48.5 Å². The van der Waals surface area contributed by atoms with Crippen LogP contribution in [0.15, 0.2) is 53.5 Å². The van der Waals surface area contributed by atoms with Gasteiger partial charge in [-0.05, 0) is 61.1 Å². The quantitative estimate of drug-likeness (QED) is 0.239. The van der Waals surface area contributed by atoms with E-state index in [-0.39, 0.29) is 23.1 Å². The Bertz CT molecular complexity index is 1420. The molecule has 0 saturated heterocycles. The molecule has 9 heteroatoms. The van der Waals surface area contributed by atoms with E-state index in [4.69, 9.17) is 16.6 Å². The summed E-state index contributed by atoms with van der Waals surface area (Å²) < 4.78 is 0. The molecular formula is C33H41ClN6O2. The maximum atomic E-state index is 14.4. The van der Waals surface area contributed by atoms with Crippen LogP contribution in [0.3, 0.4) is 0 Å². The summed E-state index contributed by atoms with van der Waals surface area (Å²) >= 11 is 6.35. The Balaban J connectivity index is 1.45. The Morgan fingerprint density at radius 1 is 1.14 bits per heavy atom. The van der Waals surface area contributed by atoms with Gasteiger partial charge in [0.2, 0.25) is 0 Å². The minimum atomic E-state index is -0.589. The second-order valence-corrected chi connectivity index (χ2v) is 12.9. The molecule has 1 unspecified atom stereocenters. The number of hydrogen-bond acceptors (Lipinski definition) is 6. The second-order valence-electron chi connectivity index (χ2n) is 12.4. The number of amides is 1. The lowest BCUT2D eigenvalue weighted by Crippen LogP contribution is -2.51. The van der Waals surface area contributed by atoms with Crippen LogP contribution in [-0.2, 0) is 11.2 Å². The van der Waals surface area contributed by atoms with Gasteiger partial charge in [-0.3, -0.25) is 14.6 Å². The summed E-state index contributed by atoms with van der Waals surface area (Å²) in [6, 6.07) is 15.1. The van der Waals surface area contributed by atoms with Gasteiger partial charge in [-0.1, -0.05) is 93.7 Å². The number of halogens is 1. The number of carbonyl (C=O) groups is 2. The van der Waals surface area contributed by atoms with E-state index in [0.717, 1.165) is 56.1 Å². The van der Waals surface area contributed by atoms with E-state index in [1.54, 1.807) is 0 Å². The number of tetrazole rings is 1. The van der Waals surface area contributed by atoms with Gasteiger partial charge in [0.1, 0.15) is 11.4 Å². The number of aryl methyl sites for hydroxylation is 1. The molecule has 1 aliphatic heterocycles. The number of carbonyl (C=O) groups excluding carboxylic acids is 2. The summed E-state index contributed by atoms with van der Waals surface area (Å²) in [5.74, 6) is 1.10. The van der Waals surface area contributed by atoms with Crippen molar-refractivity contribution in [2.75, 3.05) is 0 Å². The van der Waals surface area contributed by atoms with Crippen molar-refractivity contribution in [1.29, 1.82) is 0 Å². The normalized spacial score (nSPS) is 21.5. The molecule has 5 rings (SSSR count). The van der Waals surface area contributed by atoms with Crippen LogP contribution in [-0.4, -0.2) is 48.6 Å². The van der Waals surface area contributed by atoms with Crippen molar-refractivity contribution in [3.8, 4) is 0 Å². The molecule has 3 aromatic rings. The van der Waals surface area contributed by atoms with Crippen molar-refractivity contribution in [1.82, 2.24) is 25.5 Å². The predicted octanol–water partition coefficient (Wildman–Crippen LogP) is 7.16. The molecule has 0 bridgehead atoms. The summed E-state index contributed by atoms with van der Waals surface area (Å²) in [4.78, 5) is 34.6. The van der Waals surface area contributed by atoms with Gasteiger partial charge in [0.15, 0.2) is 11.6 Å². The van der Waals surface area contributed by atoms with Crippen molar-refractivity contribution in [2.24, 2.45) is 16.3 Å². The van der Waals surface area contributed by atoms with E-state index >= 15 is 0 Å². The molecule has 1 spiro atoms. The topological polar surface area (TPSA) is 104 Å². The van der Waals surface area contributed by atoms with Crippen molar-refractivity contribution < 1.29 is 9.59 Å². The van der Waals surface area contributed by atoms with Crippen molar-refractivity contribution in [2.45, 2.75) is 97.2 Å². The summed E-state index contributed by atoms with van der Waals surface area (Å²) in [7, 11) is 0. The molecule has 1 fully saturated rings. The number of hydrogen-bond donors (Lipinski definition) is 1. The van der Waals surface area contributed by atoms with Crippen LogP contribution >= 0.6 is 11.6 Å². The molecule has 2 aromatic carbocycles. The Kier molecular flexibility index (Phi) is 8.92. The zero-order chi connectivity index (χ0) is 29.9. The zero-order valence-electron chi connectivity index (χ0n) is 25.1. The summed E-state index contributed by atoms with van der Waals surface area (Å²) in [5.41, 5.74) is 2.59. The smallest absolute Gasteiger partial charge is 0.275 e. The van der Waals surface area contributed by atoms with Gasteiger partial charge >= 0.3 is 0 Å². The maximum Gasteiger partial charge on any atom is 0.275 e. The number of H-pyrrole nitrogens is 1. The first-order chi connectivity index (χ1) is 20.2. The number of nitrogens with zero attached hydrogens (tertiary/aromatic N) is 5. The first-order valence-electron chi connectivity index (χ1n) is 15.2. The van der Waals surface area contributed by atoms with Crippen molar-refractivity contribution in [3.63, 3.8) is 0 Å². The minimum absolute atomic E-state index is 0.0237. The third-order valence-corrected chi connectivity index (χ3v) is 9.78. The maximum absolute atomic E-state index is 14.4. The number of nitrogens with one attached hydrogen (secondary N) is 1. The van der Waals surface area contributed by atoms with E-state index in [0.29, 0.717) is 40.9 Å². The first kappa shape index (κ1) is 30.1. The number of aromatic amines is 1. The van der Waals surface area contributed by atoms with Gasteiger partial charge in [-0.15, -0.1) is 10.2 Å². The highest BCUT2D eigenvalue weighted by Crippen LogP contribution is 2.50. The number of rotatable bonds is 11. The number of Topliss-reactive ketones (excluding diaryl/α,β-unsaturated/α-hetero) is 1. The SMILES string of the molecule is CCCC(c1ccc(C(=O)CCc2nn[nH]n2)cc1)N1C(=O)C(c2cccc(Cl)c2)=NC12CCC(C(C)(C)CC)CC2. The molecule has 42 heavy (non-hydrogen) atoms.